The second kappa shape index (κ2) is 2.61. The SMILES string of the molecule is CC(C)N(N)c1nn[nH]n1. The van der Waals surface area contributed by atoms with Gasteiger partial charge in [-0.15, -0.1) is 5.10 Å². The molecule has 0 amide bonds. The standard InChI is InChI=1S/C4H10N6/c1-3(2)10(5)4-6-8-9-7-4/h3H,5H2,1-2H3,(H,6,7,8,9). The van der Waals surface area contributed by atoms with Crippen LogP contribution in [0.2, 0.25) is 0 Å². The van der Waals surface area contributed by atoms with E-state index in [2.05, 4.69) is 20.6 Å². The number of anilines is 1. The molecule has 56 valence electrons. The molecule has 1 aromatic heterocycles. The van der Waals surface area contributed by atoms with Crippen molar-refractivity contribution in [2.45, 2.75) is 19.9 Å². The first-order chi connectivity index (χ1) is 4.72. The predicted molar refractivity (Wildman–Crippen MR) is 36.0 cm³/mol. The molecule has 1 rings (SSSR count). The van der Waals surface area contributed by atoms with E-state index in [9.17, 15) is 0 Å². The lowest BCUT2D eigenvalue weighted by molar-refractivity contribution is 0.688. The number of hydrazine groups is 1. The summed E-state index contributed by atoms with van der Waals surface area (Å²) in [6.07, 6.45) is 0. The second-order valence-electron chi connectivity index (χ2n) is 2.21. The van der Waals surface area contributed by atoms with E-state index in [1.54, 1.807) is 0 Å². The number of nitrogens with one attached hydrogen (secondary N) is 1. The van der Waals surface area contributed by atoms with Gasteiger partial charge in [-0.25, -0.2) is 5.84 Å². The second-order valence-corrected chi connectivity index (χ2v) is 2.21. The topological polar surface area (TPSA) is 83.7 Å². The first-order valence-electron chi connectivity index (χ1n) is 2.99. The highest BCUT2D eigenvalue weighted by molar-refractivity contribution is 5.23. The zero-order valence-electron chi connectivity index (χ0n) is 5.94. The van der Waals surface area contributed by atoms with E-state index >= 15 is 0 Å². The van der Waals surface area contributed by atoms with Crippen LogP contribution in [0.4, 0.5) is 5.95 Å². The van der Waals surface area contributed by atoms with Gasteiger partial charge in [-0.1, -0.05) is 5.10 Å². The van der Waals surface area contributed by atoms with Gasteiger partial charge in [-0.05, 0) is 19.1 Å². The summed E-state index contributed by atoms with van der Waals surface area (Å²) < 4.78 is 0. The van der Waals surface area contributed by atoms with Crippen molar-refractivity contribution in [3.8, 4) is 0 Å². The Kier molecular flexibility index (Phi) is 1.81. The Hall–Kier alpha value is -1.17. The summed E-state index contributed by atoms with van der Waals surface area (Å²) in [5, 5.41) is 14.5. The van der Waals surface area contributed by atoms with Gasteiger partial charge >= 0.3 is 0 Å². The molecule has 3 N–H and O–H groups in total. The molecule has 6 heteroatoms. The molecule has 0 spiro atoms. The van der Waals surface area contributed by atoms with Crippen LogP contribution in [0.5, 0.6) is 0 Å². The van der Waals surface area contributed by atoms with Crippen LogP contribution in [0.15, 0.2) is 0 Å². The minimum Gasteiger partial charge on any atom is -0.274 e. The summed E-state index contributed by atoms with van der Waals surface area (Å²) in [6.45, 7) is 3.88. The lowest BCUT2D eigenvalue weighted by Crippen LogP contribution is -2.38. The van der Waals surface area contributed by atoms with Crippen molar-refractivity contribution in [2.75, 3.05) is 5.01 Å². The zero-order valence-corrected chi connectivity index (χ0v) is 5.94. The van der Waals surface area contributed by atoms with Crippen LogP contribution < -0.4 is 10.9 Å². The van der Waals surface area contributed by atoms with E-state index < -0.39 is 0 Å². The average molecular weight is 142 g/mol. The molecule has 0 atom stereocenters. The molecule has 1 heterocycles. The first kappa shape index (κ1) is 6.94. The summed E-state index contributed by atoms with van der Waals surface area (Å²) in [6, 6.07) is 0.178. The van der Waals surface area contributed by atoms with Gasteiger partial charge in [-0.2, -0.15) is 5.21 Å². The van der Waals surface area contributed by atoms with Crippen LogP contribution in [-0.2, 0) is 0 Å². The highest BCUT2D eigenvalue weighted by atomic mass is 15.6. The molecule has 0 fully saturated rings. The Bertz CT molecular complexity index is 180. The maximum atomic E-state index is 5.53. The number of rotatable bonds is 2. The maximum Gasteiger partial charge on any atom is 0.279 e. The molecule has 0 unspecified atom stereocenters. The van der Waals surface area contributed by atoms with Gasteiger partial charge in [-0.3, -0.25) is 5.01 Å². The van der Waals surface area contributed by atoms with Gasteiger partial charge in [0.15, 0.2) is 0 Å². The molecule has 0 aliphatic rings. The molecular weight excluding hydrogens is 132 g/mol. The minimum absolute atomic E-state index is 0.178. The van der Waals surface area contributed by atoms with Crippen LogP contribution >= 0.6 is 0 Å². The number of H-pyrrole nitrogens is 1. The molecule has 0 bridgehead atoms. The maximum absolute atomic E-state index is 5.53. The van der Waals surface area contributed by atoms with Crippen molar-refractivity contribution in [3.05, 3.63) is 0 Å². The van der Waals surface area contributed by atoms with Gasteiger partial charge < -0.3 is 0 Å². The third-order valence-electron chi connectivity index (χ3n) is 1.12. The lowest BCUT2D eigenvalue weighted by atomic mass is 10.4. The summed E-state index contributed by atoms with van der Waals surface area (Å²) in [4.78, 5) is 0. The van der Waals surface area contributed by atoms with Crippen molar-refractivity contribution >= 4 is 5.95 Å². The van der Waals surface area contributed by atoms with E-state index in [-0.39, 0.29) is 6.04 Å². The van der Waals surface area contributed by atoms with Gasteiger partial charge in [0, 0.05) is 6.04 Å². The minimum atomic E-state index is 0.178. The Balaban J connectivity index is 2.68. The normalized spacial score (nSPS) is 10.4. The number of aromatic nitrogens is 4. The fourth-order valence-electron chi connectivity index (χ4n) is 0.497. The molecule has 10 heavy (non-hydrogen) atoms. The Morgan fingerprint density at radius 2 is 2.30 bits per heavy atom. The lowest BCUT2D eigenvalue weighted by Gasteiger charge is -2.16. The van der Waals surface area contributed by atoms with Crippen molar-refractivity contribution in [1.29, 1.82) is 0 Å². The van der Waals surface area contributed by atoms with Crippen molar-refractivity contribution in [2.24, 2.45) is 5.84 Å². The molecule has 0 radical (unpaired) electrons. The van der Waals surface area contributed by atoms with Gasteiger partial charge in [0.05, 0.1) is 0 Å². The van der Waals surface area contributed by atoms with Gasteiger partial charge in [0.2, 0.25) is 0 Å². The molecule has 1 aromatic rings. The Morgan fingerprint density at radius 1 is 1.60 bits per heavy atom. The largest absolute Gasteiger partial charge is 0.279 e. The number of nitrogens with two attached hydrogens (primary N) is 1. The van der Waals surface area contributed by atoms with E-state index in [1.807, 2.05) is 13.8 Å². The number of nitrogens with zero attached hydrogens (tertiary/aromatic N) is 4. The number of aromatic amines is 1. The van der Waals surface area contributed by atoms with Crippen LogP contribution in [0.25, 0.3) is 0 Å². The number of tetrazole rings is 1. The summed E-state index contributed by atoms with van der Waals surface area (Å²) >= 11 is 0. The average Bonchev–Trinajstić information content (AvgIpc) is 2.36. The Labute approximate surface area is 58.4 Å². The summed E-state index contributed by atoms with van der Waals surface area (Å²) in [5.74, 6) is 5.94. The van der Waals surface area contributed by atoms with Crippen LogP contribution in [0.1, 0.15) is 13.8 Å². The first-order valence-corrected chi connectivity index (χ1v) is 2.99. The van der Waals surface area contributed by atoms with E-state index in [0.29, 0.717) is 5.95 Å². The molecule has 0 aliphatic carbocycles. The van der Waals surface area contributed by atoms with Crippen LogP contribution in [-0.4, -0.2) is 26.7 Å². The smallest absolute Gasteiger partial charge is 0.274 e. The quantitative estimate of drug-likeness (QED) is 0.421. The van der Waals surface area contributed by atoms with Crippen molar-refractivity contribution in [1.82, 2.24) is 20.6 Å². The molecule has 0 aromatic carbocycles. The van der Waals surface area contributed by atoms with E-state index in [0.717, 1.165) is 0 Å². The Morgan fingerprint density at radius 3 is 2.70 bits per heavy atom. The molecule has 6 nitrogen and oxygen atoms in total. The summed E-state index contributed by atoms with van der Waals surface area (Å²) in [5.41, 5.74) is 0. The van der Waals surface area contributed by atoms with Crippen molar-refractivity contribution in [3.63, 3.8) is 0 Å². The van der Waals surface area contributed by atoms with Gasteiger partial charge in [0.25, 0.3) is 5.95 Å². The highest BCUT2D eigenvalue weighted by Gasteiger charge is 2.08. The van der Waals surface area contributed by atoms with E-state index in [4.69, 9.17) is 5.84 Å². The number of hydrogen-bond acceptors (Lipinski definition) is 5. The third-order valence-corrected chi connectivity index (χ3v) is 1.12. The van der Waals surface area contributed by atoms with Crippen LogP contribution in [0.3, 0.4) is 0 Å². The molecule has 0 saturated carbocycles. The fourth-order valence-corrected chi connectivity index (χ4v) is 0.497. The van der Waals surface area contributed by atoms with Crippen LogP contribution in [0, 0.1) is 0 Å². The monoisotopic (exact) mass is 142 g/mol. The molecule has 0 saturated heterocycles. The van der Waals surface area contributed by atoms with Gasteiger partial charge in [0.1, 0.15) is 0 Å². The number of hydrogen-bond donors (Lipinski definition) is 2. The summed E-state index contributed by atoms with van der Waals surface area (Å²) in [7, 11) is 0. The van der Waals surface area contributed by atoms with Crippen molar-refractivity contribution < 1.29 is 0 Å². The predicted octanol–water partition coefficient (Wildman–Crippen LogP) is -0.712. The molecule has 0 aliphatic heterocycles. The zero-order chi connectivity index (χ0) is 7.56. The highest BCUT2D eigenvalue weighted by Crippen LogP contribution is 2.00. The van der Waals surface area contributed by atoms with E-state index in [1.165, 1.54) is 5.01 Å². The third kappa shape index (κ3) is 1.21. The molecular formula is C4H10N6. The fraction of sp³-hybridized carbons (Fsp3) is 0.750.